The first-order valence-corrected chi connectivity index (χ1v) is 9.19. The van der Waals surface area contributed by atoms with Crippen molar-refractivity contribution >= 4 is 5.91 Å². The predicted molar refractivity (Wildman–Crippen MR) is 98.1 cm³/mol. The van der Waals surface area contributed by atoms with Crippen molar-refractivity contribution < 1.29 is 9.21 Å². The van der Waals surface area contributed by atoms with Gasteiger partial charge in [0.1, 0.15) is 0 Å². The van der Waals surface area contributed by atoms with Gasteiger partial charge in [-0.25, -0.2) is 4.98 Å². The lowest BCUT2D eigenvalue weighted by Crippen LogP contribution is -2.39. The molecule has 0 aliphatic carbocycles. The summed E-state index contributed by atoms with van der Waals surface area (Å²) in [6.07, 6.45) is 6.20. The Morgan fingerprint density at radius 2 is 2.04 bits per heavy atom. The number of benzene rings is 1. The van der Waals surface area contributed by atoms with Gasteiger partial charge in [-0.3, -0.25) is 4.79 Å². The number of aromatic nitrogens is 1. The number of nitrogens with one attached hydrogen (secondary N) is 1. The van der Waals surface area contributed by atoms with Gasteiger partial charge in [-0.1, -0.05) is 30.3 Å². The molecule has 25 heavy (non-hydrogen) atoms. The van der Waals surface area contributed by atoms with Crippen molar-refractivity contribution in [2.75, 3.05) is 26.7 Å². The van der Waals surface area contributed by atoms with Crippen molar-refractivity contribution in [2.45, 2.75) is 32.1 Å². The SMILES string of the molecule is CNCCC1CCN(C(=O)CCc2ncc(-c3ccccc3)o2)CC1. The average Bonchev–Trinajstić information content (AvgIpc) is 3.14. The van der Waals surface area contributed by atoms with E-state index in [4.69, 9.17) is 4.42 Å². The topological polar surface area (TPSA) is 58.4 Å². The highest BCUT2D eigenvalue weighted by Gasteiger charge is 2.22. The number of carbonyl (C=O) groups is 1. The lowest BCUT2D eigenvalue weighted by Gasteiger charge is -2.32. The van der Waals surface area contributed by atoms with Gasteiger partial charge in [0.15, 0.2) is 11.7 Å². The zero-order chi connectivity index (χ0) is 17.5. The van der Waals surface area contributed by atoms with Gasteiger partial charge in [0, 0.05) is 31.5 Å². The first kappa shape index (κ1) is 17.7. The average molecular weight is 341 g/mol. The number of hydrogen-bond acceptors (Lipinski definition) is 4. The fourth-order valence-electron chi connectivity index (χ4n) is 3.35. The number of nitrogens with zero attached hydrogens (tertiary/aromatic N) is 2. The molecule has 5 heteroatoms. The molecule has 0 spiro atoms. The molecule has 2 aromatic rings. The van der Waals surface area contributed by atoms with Gasteiger partial charge in [0.2, 0.25) is 5.91 Å². The van der Waals surface area contributed by atoms with E-state index in [2.05, 4.69) is 10.3 Å². The van der Waals surface area contributed by atoms with Crippen molar-refractivity contribution in [1.82, 2.24) is 15.2 Å². The van der Waals surface area contributed by atoms with Crippen molar-refractivity contribution in [3.63, 3.8) is 0 Å². The molecule has 1 aliphatic heterocycles. The summed E-state index contributed by atoms with van der Waals surface area (Å²) in [5.74, 6) is 2.35. The number of oxazole rings is 1. The Kier molecular flexibility index (Phi) is 6.23. The molecule has 2 heterocycles. The molecule has 0 radical (unpaired) electrons. The van der Waals surface area contributed by atoms with Gasteiger partial charge in [-0.2, -0.15) is 0 Å². The smallest absolute Gasteiger partial charge is 0.223 e. The standard InChI is InChI=1S/C20H27N3O2/c1-21-12-9-16-10-13-23(14-11-16)20(24)8-7-19-22-15-18(25-19)17-5-3-2-4-6-17/h2-6,15-16,21H,7-14H2,1H3. The molecule has 1 aromatic carbocycles. The first-order chi connectivity index (χ1) is 12.3. The quantitative estimate of drug-likeness (QED) is 0.841. The summed E-state index contributed by atoms with van der Waals surface area (Å²) >= 11 is 0. The van der Waals surface area contributed by atoms with Gasteiger partial charge < -0.3 is 14.6 Å². The van der Waals surface area contributed by atoms with Gasteiger partial charge in [0.25, 0.3) is 0 Å². The monoisotopic (exact) mass is 341 g/mol. The van der Waals surface area contributed by atoms with Gasteiger partial charge in [-0.15, -0.1) is 0 Å². The van der Waals surface area contributed by atoms with Gasteiger partial charge in [-0.05, 0) is 38.8 Å². The van der Waals surface area contributed by atoms with Crippen LogP contribution in [-0.2, 0) is 11.2 Å². The van der Waals surface area contributed by atoms with Gasteiger partial charge in [0.05, 0.1) is 6.20 Å². The van der Waals surface area contributed by atoms with Crippen LogP contribution in [0.3, 0.4) is 0 Å². The number of amides is 1. The van der Waals surface area contributed by atoms with E-state index in [1.807, 2.05) is 42.3 Å². The minimum Gasteiger partial charge on any atom is -0.441 e. The molecule has 3 rings (SSSR count). The Morgan fingerprint density at radius 3 is 2.76 bits per heavy atom. The molecule has 0 atom stereocenters. The molecule has 1 N–H and O–H groups in total. The lowest BCUT2D eigenvalue weighted by molar-refractivity contribution is -0.132. The van der Waals surface area contributed by atoms with Crippen LogP contribution in [0.15, 0.2) is 40.9 Å². The van der Waals surface area contributed by atoms with Crippen LogP contribution < -0.4 is 5.32 Å². The van der Waals surface area contributed by atoms with Crippen molar-refractivity contribution in [3.8, 4) is 11.3 Å². The minimum atomic E-state index is 0.214. The van der Waals surface area contributed by atoms with Crippen molar-refractivity contribution in [2.24, 2.45) is 5.92 Å². The number of piperidine rings is 1. The number of hydrogen-bond donors (Lipinski definition) is 1. The van der Waals surface area contributed by atoms with E-state index in [9.17, 15) is 4.79 Å². The zero-order valence-electron chi connectivity index (χ0n) is 14.9. The molecule has 0 unspecified atom stereocenters. The normalized spacial score (nSPS) is 15.5. The van der Waals surface area contributed by atoms with E-state index in [0.29, 0.717) is 18.7 Å². The molecule has 134 valence electrons. The lowest BCUT2D eigenvalue weighted by atomic mass is 9.93. The molecular weight excluding hydrogens is 314 g/mol. The predicted octanol–water partition coefficient (Wildman–Crippen LogP) is 3.12. The second kappa shape index (κ2) is 8.81. The number of rotatable bonds is 7. The summed E-state index contributed by atoms with van der Waals surface area (Å²) in [7, 11) is 1.99. The Hall–Kier alpha value is -2.14. The molecule has 5 nitrogen and oxygen atoms in total. The maximum Gasteiger partial charge on any atom is 0.223 e. The van der Waals surface area contributed by atoms with Crippen LogP contribution in [-0.4, -0.2) is 42.5 Å². The number of aryl methyl sites for hydroxylation is 1. The van der Waals surface area contributed by atoms with E-state index in [0.717, 1.165) is 49.7 Å². The highest BCUT2D eigenvalue weighted by atomic mass is 16.4. The second-order valence-electron chi connectivity index (χ2n) is 6.70. The molecule has 0 saturated carbocycles. The summed E-state index contributed by atoms with van der Waals surface area (Å²) in [6.45, 7) is 2.83. The van der Waals surface area contributed by atoms with Crippen LogP contribution in [0, 0.1) is 5.92 Å². The highest BCUT2D eigenvalue weighted by molar-refractivity contribution is 5.76. The summed E-state index contributed by atoms with van der Waals surface area (Å²) < 4.78 is 5.78. The third-order valence-corrected chi connectivity index (χ3v) is 4.93. The Balaban J connectivity index is 1.45. The Labute approximate surface area is 149 Å². The summed E-state index contributed by atoms with van der Waals surface area (Å²) in [6, 6.07) is 9.91. The maximum absolute atomic E-state index is 12.4. The van der Waals surface area contributed by atoms with E-state index in [-0.39, 0.29) is 5.91 Å². The van der Waals surface area contributed by atoms with Crippen molar-refractivity contribution in [3.05, 3.63) is 42.4 Å². The van der Waals surface area contributed by atoms with E-state index in [1.54, 1.807) is 6.20 Å². The van der Waals surface area contributed by atoms with Crippen LogP contribution >= 0.6 is 0 Å². The minimum absolute atomic E-state index is 0.214. The third kappa shape index (κ3) is 4.92. The molecule has 1 amide bonds. The summed E-state index contributed by atoms with van der Waals surface area (Å²) in [5, 5.41) is 3.20. The molecule has 1 fully saturated rings. The third-order valence-electron chi connectivity index (χ3n) is 4.93. The van der Waals surface area contributed by atoms with Gasteiger partial charge >= 0.3 is 0 Å². The molecule has 1 saturated heterocycles. The number of likely N-dealkylation sites (tertiary alicyclic amines) is 1. The van der Waals surface area contributed by atoms with Crippen LogP contribution in [0.4, 0.5) is 0 Å². The maximum atomic E-state index is 12.4. The van der Waals surface area contributed by atoms with Crippen molar-refractivity contribution in [1.29, 1.82) is 0 Å². The Bertz CT molecular complexity index is 661. The Morgan fingerprint density at radius 1 is 1.28 bits per heavy atom. The van der Waals surface area contributed by atoms with E-state index < -0.39 is 0 Å². The number of carbonyl (C=O) groups excluding carboxylic acids is 1. The van der Waals surface area contributed by atoms with Crippen LogP contribution in [0.25, 0.3) is 11.3 Å². The molecule has 1 aromatic heterocycles. The fraction of sp³-hybridized carbons (Fsp3) is 0.500. The van der Waals surface area contributed by atoms with E-state index in [1.165, 1.54) is 6.42 Å². The van der Waals surface area contributed by atoms with E-state index >= 15 is 0 Å². The zero-order valence-corrected chi connectivity index (χ0v) is 14.9. The summed E-state index contributed by atoms with van der Waals surface area (Å²) in [5.41, 5.74) is 1.01. The van der Waals surface area contributed by atoms with Crippen LogP contribution in [0.2, 0.25) is 0 Å². The van der Waals surface area contributed by atoms with Crippen LogP contribution in [0.5, 0.6) is 0 Å². The van der Waals surface area contributed by atoms with Crippen LogP contribution in [0.1, 0.15) is 31.6 Å². The molecule has 1 aliphatic rings. The fourth-order valence-corrected chi connectivity index (χ4v) is 3.35. The highest BCUT2D eigenvalue weighted by Crippen LogP contribution is 2.22. The second-order valence-corrected chi connectivity index (χ2v) is 6.70. The molecule has 0 bridgehead atoms. The first-order valence-electron chi connectivity index (χ1n) is 9.19. The summed E-state index contributed by atoms with van der Waals surface area (Å²) in [4.78, 5) is 18.7. The molecular formula is C20H27N3O2. The largest absolute Gasteiger partial charge is 0.441 e.